The first-order valence-electron chi connectivity index (χ1n) is 15.1. The SMILES string of the molecule is CC(=O)OC[C@H]1O[C@@H](Sc2nc3c(c(-c4c[nH]c5ccccc45)c2C#N)CCCCC3)[C@H](OC(C)=O)[C@@H](OC(C)=O)[C@@H]1OC(C)=O. The van der Waals surface area contributed by atoms with Gasteiger partial charge in [-0.15, -0.1) is 0 Å². The van der Waals surface area contributed by atoms with Crippen LogP contribution in [0.3, 0.4) is 0 Å². The van der Waals surface area contributed by atoms with Crippen LogP contribution in [0.1, 0.15) is 63.8 Å². The number of H-pyrrole nitrogens is 1. The fourth-order valence-corrected chi connectivity index (χ4v) is 7.24. The number of para-hydroxylation sites is 1. The molecule has 12 nitrogen and oxygen atoms in total. The summed E-state index contributed by atoms with van der Waals surface area (Å²) in [5.74, 6) is -2.75. The summed E-state index contributed by atoms with van der Waals surface area (Å²) in [5, 5.41) is 12.0. The van der Waals surface area contributed by atoms with E-state index in [1.54, 1.807) is 0 Å². The van der Waals surface area contributed by atoms with Gasteiger partial charge in [-0.3, -0.25) is 19.2 Å². The van der Waals surface area contributed by atoms with E-state index in [-0.39, 0.29) is 6.61 Å². The lowest BCUT2D eigenvalue weighted by molar-refractivity contribution is -0.237. The smallest absolute Gasteiger partial charge is 0.303 e. The van der Waals surface area contributed by atoms with Gasteiger partial charge in [-0.2, -0.15) is 5.26 Å². The van der Waals surface area contributed by atoms with Crippen LogP contribution < -0.4 is 0 Å². The number of nitrogens with one attached hydrogen (secondary N) is 1. The van der Waals surface area contributed by atoms with E-state index >= 15 is 0 Å². The molecule has 46 heavy (non-hydrogen) atoms. The number of aryl methyl sites for hydroxylation is 1. The second kappa shape index (κ2) is 14.3. The zero-order valence-electron chi connectivity index (χ0n) is 26.0. The average Bonchev–Trinajstić information content (AvgIpc) is 3.28. The predicted molar refractivity (Wildman–Crippen MR) is 165 cm³/mol. The molecule has 3 heterocycles. The molecule has 1 aliphatic carbocycles. The number of rotatable bonds is 8. The predicted octanol–water partition coefficient (Wildman–Crippen LogP) is 4.55. The third kappa shape index (κ3) is 7.18. The van der Waals surface area contributed by atoms with Gasteiger partial charge in [-0.1, -0.05) is 36.4 Å². The van der Waals surface area contributed by atoms with E-state index in [0.717, 1.165) is 70.7 Å². The van der Waals surface area contributed by atoms with Gasteiger partial charge in [0.2, 0.25) is 0 Å². The summed E-state index contributed by atoms with van der Waals surface area (Å²) in [6.45, 7) is 4.39. The van der Waals surface area contributed by atoms with Gasteiger partial charge in [-0.25, -0.2) is 4.98 Å². The van der Waals surface area contributed by atoms with Gasteiger partial charge in [0.05, 0.1) is 5.56 Å². The van der Waals surface area contributed by atoms with Gasteiger partial charge in [0.15, 0.2) is 23.7 Å². The molecule has 13 heteroatoms. The summed E-state index contributed by atoms with van der Waals surface area (Å²) in [5.41, 5.74) is 3.67. The number of aromatic amines is 1. The molecule has 1 saturated heterocycles. The number of benzene rings is 1. The second-order valence-electron chi connectivity index (χ2n) is 11.2. The highest BCUT2D eigenvalue weighted by molar-refractivity contribution is 7.99. The molecule has 5 atom stereocenters. The van der Waals surface area contributed by atoms with Crippen molar-refractivity contribution in [3.8, 4) is 17.2 Å². The van der Waals surface area contributed by atoms with Crippen LogP contribution in [0.4, 0.5) is 0 Å². The summed E-state index contributed by atoms with van der Waals surface area (Å²) in [6.07, 6.45) is 1.29. The van der Waals surface area contributed by atoms with Crippen LogP contribution in [-0.4, -0.2) is 70.3 Å². The van der Waals surface area contributed by atoms with Crippen LogP contribution >= 0.6 is 11.8 Å². The molecule has 1 aliphatic heterocycles. The van der Waals surface area contributed by atoms with E-state index in [9.17, 15) is 24.4 Å². The zero-order chi connectivity index (χ0) is 33.0. The van der Waals surface area contributed by atoms with Crippen molar-refractivity contribution in [3.63, 3.8) is 0 Å². The first kappa shape index (κ1) is 33.0. The molecule has 3 aromatic rings. The lowest BCUT2D eigenvalue weighted by atomic mass is 9.92. The highest BCUT2D eigenvalue weighted by Crippen LogP contribution is 2.44. The first-order chi connectivity index (χ1) is 22.1. The Labute approximate surface area is 270 Å². The number of esters is 4. The third-order valence-electron chi connectivity index (χ3n) is 7.84. The lowest BCUT2D eigenvalue weighted by Gasteiger charge is -2.44. The van der Waals surface area contributed by atoms with Gasteiger partial charge >= 0.3 is 23.9 Å². The van der Waals surface area contributed by atoms with E-state index in [1.165, 1.54) is 27.7 Å². The molecule has 0 spiro atoms. The fourth-order valence-electron chi connectivity index (χ4n) is 6.05. The normalized spacial score (nSPS) is 22.5. The van der Waals surface area contributed by atoms with Crippen molar-refractivity contribution in [2.24, 2.45) is 0 Å². The Kier molecular flexibility index (Phi) is 10.3. The van der Waals surface area contributed by atoms with Crippen LogP contribution in [-0.2, 0) is 55.7 Å². The Morgan fingerprint density at radius 1 is 0.935 bits per heavy atom. The number of nitriles is 1. The summed E-state index contributed by atoms with van der Waals surface area (Å²) < 4.78 is 28.3. The summed E-state index contributed by atoms with van der Waals surface area (Å²) in [4.78, 5) is 56.9. The summed E-state index contributed by atoms with van der Waals surface area (Å²) >= 11 is 1.04. The number of hydrogen-bond donors (Lipinski definition) is 1. The molecular formula is C33H35N3O9S. The molecule has 0 amide bonds. The van der Waals surface area contributed by atoms with Crippen molar-refractivity contribution in [2.75, 3.05) is 6.61 Å². The van der Waals surface area contributed by atoms with Crippen molar-refractivity contribution in [1.82, 2.24) is 9.97 Å². The second-order valence-corrected chi connectivity index (χ2v) is 12.3. The van der Waals surface area contributed by atoms with Crippen LogP contribution in [0, 0.1) is 11.3 Å². The van der Waals surface area contributed by atoms with Crippen molar-refractivity contribution < 1.29 is 42.9 Å². The van der Waals surface area contributed by atoms with Gasteiger partial charge in [0.25, 0.3) is 0 Å². The molecule has 0 radical (unpaired) electrons. The van der Waals surface area contributed by atoms with Crippen molar-refractivity contribution in [2.45, 2.75) is 94.7 Å². The Hall–Kier alpha value is -4.41. The number of carbonyl (C=O) groups is 4. The van der Waals surface area contributed by atoms with Crippen molar-refractivity contribution in [1.29, 1.82) is 5.26 Å². The Bertz CT molecular complexity index is 1700. The molecule has 0 saturated carbocycles. The Morgan fingerprint density at radius 3 is 2.30 bits per heavy atom. The number of pyridine rings is 1. The Morgan fingerprint density at radius 2 is 1.61 bits per heavy atom. The van der Waals surface area contributed by atoms with Crippen molar-refractivity contribution >= 4 is 46.5 Å². The molecule has 2 aliphatic rings. The molecule has 242 valence electrons. The molecule has 1 aromatic carbocycles. The number of fused-ring (bicyclic) bond motifs is 2. The van der Waals surface area contributed by atoms with Gasteiger partial charge in [0.1, 0.15) is 23.8 Å². The van der Waals surface area contributed by atoms with E-state index in [1.807, 2.05) is 30.5 Å². The topological polar surface area (TPSA) is 167 Å². The minimum atomic E-state index is -1.32. The van der Waals surface area contributed by atoms with E-state index in [0.29, 0.717) is 17.0 Å². The summed E-state index contributed by atoms with van der Waals surface area (Å²) in [6, 6.07) is 10.2. The van der Waals surface area contributed by atoms with Crippen LogP contribution in [0.5, 0.6) is 0 Å². The molecule has 2 aromatic heterocycles. The highest BCUT2D eigenvalue weighted by Gasteiger charge is 2.53. The average molecular weight is 650 g/mol. The van der Waals surface area contributed by atoms with E-state index in [2.05, 4.69) is 11.1 Å². The van der Waals surface area contributed by atoms with Gasteiger partial charge in [0, 0.05) is 61.6 Å². The van der Waals surface area contributed by atoms with Crippen molar-refractivity contribution in [3.05, 3.63) is 47.3 Å². The minimum Gasteiger partial charge on any atom is -0.463 e. The number of hydrogen-bond acceptors (Lipinski definition) is 12. The van der Waals surface area contributed by atoms with E-state index < -0.39 is 53.7 Å². The number of nitrogens with zero attached hydrogens (tertiary/aromatic N) is 2. The third-order valence-corrected chi connectivity index (χ3v) is 8.97. The maximum absolute atomic E-state index is 12.4. The van der Waals surface area contributed by atoms with Crippen LogP contribution in [0.25, 0.3) is 22.0 Å². The standard InChI is InChI=1S/C33H35N3O9S/c1-17(37)41-16-27-29(42-18(2)38)30(43-19(3)39)31(44-20(4)40)33(45-27)46-32-23(14-34)28(22-11-6-5-7-13-26(22)36-32)24-15-35-25-12-9-8-10-21(24)25/h8-10,12,15,27,29-31,33,35H,5-7,11,13,16H2,1-4H3/t27-,29-,30+,31-,33+/m1/s1. The van der Waals surface area contributed by atoms with Crippen LogP contribution in [0.2, 0.25) is 0 Å². The number of thioether (sulfide) groups is 1. The fraction of sp³-hybridized carbons (Fsp3) is 0.455. The largest absolute Gasteiger partial charge is 0.463 e. The molecule has 0 unspecified atom stereocenters. The maximum Gasteiger partial charge on any atom is 0.303 e. The molecule has 0 bridgehead atoms. The van der Waals surface area contributed by atoms with E-state index in [4.69, 9.17) is 28.7 Å². The summed E-state index contributed by atoms with van der Waals surface area (Å²) in [7, 11) is 0. The minimum absolute atomic E-state index is 0.322. The zero-order valence-corrected chi connectivity index (χ0v) is 26.8. The molecule has 1 fully saturated rings. The molecule has 1 N–H and O–H groups in total. The molecular weight excluding hydrogens is 614 g/mol. The first-order valence-corrected chi connectivity index (χ1v) is 15.9. The van der Waals surface area contributed by atoms with Gasteiger partial charge < -0.3 is 28.7 Å². The van der Waals surface area contributed by atoms with Gasteiger partial charge in [-0.05, 0) is 37.3 Å². The van der Waals surface area contributed by atoms with Crippen LogP contribution in [0.15, 0.2) is 35.5 Å². The lowest BCUT2D eigenvalue weighted by Crippen LogP contribution is -2.61. The Balaban J connectivity index is 1.65. The number of carbonyl (C=O) groups excluding carboxylic acids is 4. The maximum atomic E-state index is 12.4. The monoisotopic (exact) mass is 649 g/mol. The number of ether oxygens (including phenoxy) is 5. The number of aromatic nitrogens is 2. The quantitative estimate of drug-likeness (QED) is 0.206. The highest BCUT2D eigenvalue weighted by atomic mass is 32.2. The molecule has 5 rings (SSSR count).